The standard InChI is InChI=1S/C28H37N3O2/c1-5-6-8-17-26(32)30(19-18-21(2)3)22(4)27-29-25-16-12-11-15-24(25)28(33)31(27)20-23-13-9-7-10-14-23/h7,9-16,21-22H,5-6,8,17-20H2,1-4H3. The van der Waals surface area contributed by atoms with Crippen LogP contribution in [0.25, 0.3) is 10.9 Å². The van der Waals surface area contributed by atoms with E-state index in [1.165, 1.54) is 0 Å². The fraction of sp³-hybridized carbons (Fsp3) is 0.464. The van der Waals surface area contributed by atoms with Crippen molar-refractivity contribution in [3.8, 4) is 0 Å². The highest BCUT2D eigenvalue weighted by molar-refractivity contribution is 5.78. The van der Waals surface area contributed by atoms with Crippen LogP contribution in [0.4, 0.5) is 0 Å². The second-order valence-corrected chi connectivity index (χ2v) is 9.27. The third-order valence-electron chi connectivity index (χ3n) is 6.18. The molecule has 0 fully saturated rings. The number of aromatic nitrogens is 2. The lowest BCUT2D eigenvalue weighted by Gasteiger charge is -2.31. The lowest BCUT2D eigenvalue weighted by atomic mass is 10.1. The predicted octanol–water partition coefficient (Wildman–Crippen LogP) is 5.96. The van der Waals surface area contributed by atoms with Crippen molar-refractivity contribution in [2.75, 3.05) is 6.54 Å². The maximum Gasteiger partial charge on any atom is 0.261 e. The number of benzene rings is 2. The Hall–Kier alpha value is -2.95. The summed E-state index contributed by atoms with van der Waals surface area (Å²) in [5.74, 6) is 1.28. The maximum atomic E-state index is 13.5. The topological polar surface area (TPSA) is 55.2 Å². The van der Waals surface area contributed by atoms with Gasteiger partial charge < -0.3 is 4.90 Å². The maximum absolute atomic E-state index is 13.5. The highest BCUT2D eigenvalue weighted by Crippen LogP contribution is 2.23. The first kappa shape index (κ1) is 24.7. The van der Waals surface area contributed by atoms with Crippen molar-refractivity contribution in [2.24, 2.45) is 5.92 Å². The van der Waals surface area contributed by atoms with Gasteiger partial charge in [0.05, 0.1) is 23.5 Å². The van der Waals surface area contributed by atoms with Crippen LogP contribution in [-0.2, 0) is 11.3 Å². The van der Waals surface area contributed by atoms with Crippen LogP contribution in [0, 0.1) is 5.92 Å². The van der Waals surface area contributed by atoms with Crippen LogP contribution < -0.4 is 5.56 Å². The van der Waals surface area contributed by atoms with Crippen molar-refractivity contribution in [3.63, 3.8) is 0 Å². The van der Waals surface area contributed by atoms with Gasteiger partial charge in [-0.15, -0.1) is 0 Å². The van der Waals surface area contributed by atoms with E-state index in [2.05, 4.69) is 20.8 Å². The van der Waals surface area contributed by atoms with E-state index in [9.17, 15) is 9.59 Å². The van der Waals surface area contributed by atoms with Crippen molar-refractivity contribution < 1.29 is 4.79 Å². The molecule has 1 heterocycles. The molecule has 33 heavy (non-hydrogen) atoms. The lowest BCUT2D eigenvalue weighted by molar-refractivity contribution is -0.134. The van der Waals surface area contributed by atoms with Gasteiger partial charge in [-0.1, -0.05) is 76.1 Å². The van der Waals surface area contributed by atoms with Gasteiger partial charge in [0.15, 0.2) is 0 Å². The molecule has 1 unspecified atom stereocenters. The SMILES string of the molecule is CCCCCC(=O)N(CCC(C)C)C(C)c1nc2ccccc2c(=O)n1Cc1ccccc1. The molecule has 176 valence electrons. The number of carbonyl (C=O) groups excluding carboxylic acids is 1. The summed E-state index contributed by atoms with van der Waals surface area (Å²) in [6.07, 6.45) is 4.47. The molecule has 0 saturated heterocycles. The summed E-state index contributed by atoms with van der Waals surface area (Å²) in [4.78, 5) is 33.7. The highest BCUT2D eigenvalue weighted by Gasteiger charge is 2.26. The fourth-order valence-electron chi connectivity index (χ4n) is 4.16. The van der Waals surface area contributed by atoms with Crippen molar-refractivity contribution in [1.29, 1.82) is 0 Å². The molecule has 0 aliphatic carbocycles. The molecule has 0 radical (unpaired) electrons. The Labute approximate surface area is 197 Å². The average molecular weight is 448 g/mol. The van der Waals surface area contributed by atoms with Crippen LogP contribution in [0.3, 0.4) is 0 Å². The molecule has 0 aliphatic heterocycles. The van der Waals surface area contributed by atoms with Gasteiger partial charge >= 0.3 is 0 Å². The molecule has 2 aromatic carbocycles. The lowest BCUT2D eigenvalue weighted by Crippen LogP contribution is -2.38. The molecule has 5 nitrogen and oxygen atoms in total. The monoisotopic (exact) mass is 447 g/mol. The Morgan fingerprint density at radius 2 is 1.70 bits per heavy atom. The zero-order valence-electron chi connectivity index (χ0n) is 20.5. The molecule has 0 bridgehead atoms. The minimum absolute atomic E-state index is 0.0615. The zero-order valence-corrected chi connectivity index (χ0v) is 20.5. The molecule has 3 rings (SSSR count). The summed E-state index contributed by atoms with van der Waals surface area (Å²) in [6.45, 7) is 9.59. The number of nitrogens with zero attached hydrogens (tertiary/aromatic N) is 3. The van der Waals surface area contributed by atoms with E-state index < -0.39 is 0 Å². The number of unbranched alkanes of at least 4 members (excludes halogenated alkanes) is 2. The van der Waals surface area contributed by atoms with Crippen LogP contribution in [0.2, 0.25) is 0 Å². The Kier molecular flexibility index (Phi) is 8.81. The first-order valence-corrected chi connectivity index (χ1v) is 12.2. The summed E-state index contributed by atoms with van der Waals surface area (Å²) in [7, 11) is 0. The van der Waals surface area contributed by atoms with E-state index in [0.717, 1.165) is 31.2 Å². The second kappa shape index (κ2) is 11.8. The molecular weight excluding hydrogens is 410 g/mol. The summed E-state index contributed by atoms with van der Waals surface area (Å²) < 4.78 is 1.75. The van der Waals surface area contributed by atoms with E-state index in [1.54, 1.807) is 4.57 Å². The third kappa shape index (κ3) is 6.31. The number of fused-ring (bicyclic) bond motifs is 1. The first-order valence-electron chi connectivity index (χ1n) is 12.2. The van der Waals surface area contributed by atoms with E-state index >= 15 is 0 Å². The van der Waals surface area contributed by atoms with Gasteiger partial charge in [0.2, 0.25) is 5.91 Å². The van der Waals surface area contributed by atoms with E-state index in [-0.39, 0.29) is 17.5 Å². The molecule has 5 heteroatoms. The molecule has 1 atom stereocenters. The normalized spacial score (nSPS) is 12.3. The molecule has 0 aliphatic rings. The minimum Gasteiger partial charge on any atom is -0.333 e. The number of amides is 1. The van der Waals surface area contributed by atoms with E-state index in [1.807, 2.05) is 66.4 Å². The zero-order chi connectivity index (χ0) is 23.8. The summed E-state index contributed by atoms with van der Waals surface area (Å²) in [5, 5.41) is 0.604. The number of para-hydroxylation sites is 1. The second-order valence-electron chi connectivity index (χ2n) is 9.27. The van der Waals surface area contributed by atoms with Gasteiger partial charge in [-0.25, -0.2) is 4.98 Å². The van der Waals surface area contributed by atoms with Gasteiger partial charge in [0, 0.05) is 13.0 Å². The minimum atomic E-state index is -0.293. The predicted molar refractivity (Wildman–Crippen MR) is 135 cm³/mol. The van der Waals surface area contributed by atoms with E-state index in [4.69, 9.17) is 4.98 Å². The van der Waals surface area contributed by atoms with Gasteiger partial charge in [-0.3, -0.25) is 14.2 Å². The molecule has 1 amide bonds. The van der Waals surface area contributed by atoms with Crippen molar-refractivity contribution >= 4 is 16.8 Å². The van der Waals surface area contributed by atoms with Gasteiger partial charge in [-0.2, -0.15) is 0 Å². The van der Waals surface area contributed by atoms with Crippen LogP contribution in [0.1, 0.15) is 77.2 Å². The first-order chi connectivity index (χ1) is 15.9. The number of carbonyl (C=O) groups is 1. The number of hydrogen-bond donors (Lipinski definition) is 0. The molecule has 0 spiro atoms. The smallest absolute Gasteiger partial charge is 0.261 e. The molecule has 1 aromatic heterocycles. The Morgan fingerprint density at radius 3 is 2.39 bits per heavy atom. The fourth-order valence-corrected chi connectivity index (χ4v) is 4.16. The van der Waals surface area contributed by atoms with E-state index in [0.29, 0.717) is 42.2 Å². The summed E-state index contributed by atoms with van der Waals surface area (Å²) >= 11 is 0. The van der Waals surface area contributed by atoms with Crippen LogP contribution in [0.15, 0.2) is 59.4 Å². The Morgan fingerprint density at radius 1 is 1.00 bits per heavy atom. The van der Waals surface area contributed by atoms with Crippen LogP contribution in [-0.4, -0.2) is 26.9 Å². The summed E-state index contributed by atoms with van der Waals surface area (Å²) in [6, 6.07) is 17.1. The Balaban J connectivity index is 2.05. The average Bonchev–Trinajstić information content (AvgIpc) is 2.81. The van der Waals surface area contributed by atoms with Crippen molar-refractivity contribution in [3.05, 3.63) is 76.3 Å². The van der Waals surface area contributed by atoms with Gasteiger partial charge in [-0.05, 0) is 43.4 Å². The van der Waals surface area contributed by atoms with Crippen LogP contribution >= 0.6 is 0 Å². The number of rotatable bonds is 11. The largest absolute Gasteiger partial charge is 0.333 e. The third-order valence-corrected chi connectivity index (χ3v) is 6.18. The highest BCUT2D eigenvalue weighted by atomic mass is 16.2. The molecule has 3 aromatic rings. The molecular formula is C28H37N3O2. The number of hydrogen-bond acceptors (Lipinski definition) is 3. The quantitative estimate of drug-likeness (QED) is 0.341. The van der Waals surface area contributed by atoms with Crippen LogP contribution in [0.5, 0.6) is 0 Å². The molecule has 0 saturated carbocycles. The molecule has 0 N–H and O–H groups in total. The summed E-state index contributed by atoms with van der Waals surface area (Å²) in [5.41, 5.74) is 1.65. The van der Waals surface area contributed by atoms with Crippen molar-refractivity contribution in [1.82, 2.24) is 14.5 Å². The van der Waals surface area contributed by atoms with Gasteiger partial charge in [0.1, 0.15) is 5.82 Å². The van der Waals surface area contributed by atoms with Gasteiger partial charge in [0.25, 0.3) is 5.56 Å². The Bertz CT molecular complexity index is 1110. The van der Waals surface area contributed by atoms with Crippen molar-refractivity contribution in [2.45, 2.75) is 72.4 Å².